The third kappa shape index (κ3) is 1.54. The van der Waals surface area contributed by atoms with Crippen LogP contribution in [0, 0.1) is 0 Å². The van der Waals surface area contributed by atoms with E-state index in [-0.39, 0.29) is 0 Å². The average molecular weight is 241 g/mol. The highest BCUT2D eigenvalue weighted by atomic mass is 15.3. The molecular weight excluding hydrogens is 222 g/mol. The monoisotopic (exact) mass is 241 g/mol. The normalized spacial score (nSPS) is 24.7. The Balaban J connectivity index is 1.67. The smallest absolute Gasteiger partial charge is 0.0624 e. The number of nitrogens with zero attached hydrogens (tertiary/aromatic N) is 2. The molecule has 1 aromatic carbocycles. The van der Waals surface area contributed by atoms with Gasteiger partial charge in [-0.05, 0) is 25.5 Å². The van der Waals surface area contributed by atoms with Gasteiger partial charge in [-0.25, -0.2) is 0 Å². The standard InChI is InChI=1S/C15H19N3/c1-2-6-14-13(5-1)15(10-16-14)18-9-8-17-7-3-4-12(17)11-18/h1-2,5-6,10,12,16H,3-4,7-9,11H2/t12-/m1/s1. The van der Waals surface area contributed by atoms with Crippen LogP contribution in [0.5, 0.6) is 0 Å². The first-order valence-corrected chi connectivity index (χ1v) is 6.97. The van der Waals surface area contributed by atoms with E-state index in [9.17, 15) is 0 Å². The second-order valence-corrected chi connectivity index (χ2v) is 5.50. The van der Waals surface area contributed by atoms with E-state index in [0.29, 0.717) is 0 Å². The van der Waals surface area contributed by atoms with Crippen molar-refractivity contribution in [3.63, 3.8) is 0 Å². The predicted molar refractivity (Wildman–Crippen MR) is 75.1 cm³/mol. The van der Waals surface area contributed by atoms with Crippen molar-refractivity contribution < 1.29 is 0 Å². The van der Waals surface area contributed by atoms with E-state index in [1.54, 1.807) is 0 Å². The fourth-order valence-corrected chi connectivity index (χ4v) is 3.53. The number of hydrogen-bond acceptors (Lipinski definition) is 2. The third-order valence-electron chi connectivity index (χ3n) is 4.50. The summed E-state index contributed by atoms with van der Waals surface area (Å²) < 4.78 is 0. The van der Waals surface area contributed by atoms with Crippen LogP contribution in [0.3, 0.4) is 0 Å². The zero-order valence-corrected chi connectivity index (χ0v) is 10.6. The van der Waals surface area contributed by atoms with Crippen LogP contribution in [0.15, 0.2) is 30.5 Å². The molecule has 4 rings (SSSR count). The number of aromatic amines is 1. The summed E-state index contributed by atoms with van der Waals surface area (Å²) >= 11 is 0. The molecule has 2 aliphatic rings. The second-order valence-electron chi connectivity index (χ2n) is 5.50. The van der Waals surface area contributed by atoms with Crippen molar-refractivity contribution >= 4 is 16.6 Å². The molecule has 0 amide bonds. The molecular formula is C15H19N3. The van der Waals surface area contributed by atoms with Gasteiger partial charge in [-0.3, -0.25) is 4.90 Å². The number of nitrogens with one attached hydrogen (secondary N) is 1. The third-order valence-corrected chi connectivity index (χ3v) is 4.50. The Hall–Kier alpha value is -1.48. The van der Waals surface area contributed by atoms with E-state index in [1.807, 2.05) is 0 Å². The quantitative estimate of drug-likeness (QED) is 0.828. The van der Waals surface area contributed by atoms with Gasteiger partial charge in [0.2, 0.25) is 0 Å². The van der Waals surface area contributed by atoms with Crippen LogP contribution >= 0.6 is 0 Å². The van der Waals surface area contributed by atoms with Crippen molar-refractivity contribution in [2.75, 3.05) is 31.1 Å². The van der Waals surface area contributed by atoms with Gasteiger partial charge in [0.1, 0.15) is 0 Å². The molecule has 0 unspecified atom stereocenters. The van der Waals surface area contributed by atoms with Gasteiger partial charge in [-0.1, -0.05) is 18.2 Å². The molecule has 1 N–H and O–H groups in total. The Morgan fingerprint density at radius 1 is 1.11 bits per heavy atom. The molecule has 2 aromatic rings. The number of piperazine rings is 1. The maximum Gasteiger partial charge on any atom is 0.0624 e. The lowest BCUT2D eigenvalue weighted by atomic mass is 10.1. The van der Waals surface area contributed by atoms with Crippen molar-refractivity contribution in [1.82, 2.24) is 9.88 Å². The van der Waals surface area contributed by atoms with Gasteiger partial charge in [-0.2, -0.15) is 0 Å². The minimum atomic E-state index is 0.785. The van der Waals surface area contributed by atoms with Gasteiger partial charge < -0.3 is 9.88 Å². The average Bonchev–Trinajstić information content (AvgIpc) is 3.04. The summed E-state index contributed by atoms with van der Waals surface area (Å²) in [5.41, 5.74) is 2.64. The second kappa shape index (κ2) is 4.02. The van der Waals surface area contributed by atoms with Crippen LogP contribution in [0.4, 0.5) is 5.69 Å². The fourth-order valence-electron chi connectivity index (χ4n) is 3.53. The predicted octanol–water partition coefficient (Wildman–Crippen LogP) is 2.45. The Kier molecular flexibility index (Phi) is 2.33. The van der Waals surface area contributed by atoms with Gasteiger partial charge in [0.05, 0.1) is 5.69 Å². The SMILES string of the molecule is c1ccc2c(N3CCN4CCC[C@@H]4C3)c[nH]c2c1. The molecule has 1 atom stereocenters. The molecule has 3 nitrogen and oxygen atoms in total. The van der Waals surface area contributed by atoms with Crippen molar-refractivity contribution in [3.05, 3.63) is 30.5 Å². The van der Waals surface area contributed by atoms with E-state index in [0.717, 1.165) is 6.04 Å². The van der Waals surface area contributed by atoms with E-state index >= 15 is 0 Å². The summed E-state index contributed by atoms with van der Waals surface area (Å²) in [6.07, 6.45) is 4.93. The highest BCUT2D eigenvalue weighted by Gasteiger charge is 2.31. The van der Waals surface area contributed by atoms with Gasteiger partial charge in [0.25, 0.3) is 0 Å². The summed E-state index contributed by atoms with van der Waals surface area (Å²) in [6, 6.07) is 9.39. The number of aromatic nitrogens is 1. The van der Waals surface area contributed by atoms with Gasteiger partial charge in [0, 0.05) is 42.8 Å². The fraction of sp³-hybridized carbons (Fsp3) is 0.467. The summed E-state index contributed by atoms with van der Waals surface area (Å²) in [4.78, 5) is 8.61. The zero-order chi connectivity index (χ0) is 11.9. The lowest BCUT2D eigenvalue weighted by molar-refractivity contribution is 0.231. The molecule has 3 heteroatoms. The minimum absolute atomic E-state index is 0.785. The van der Waals surface area contributed by atoms with Crippen LogP contribution in [0.2, 0.25) is 0 Å². The Morgan fingerprint density at radius 3 is 3.06 bits per heavy atom. The van der Waals surface area contributed by atoms with E-state index < -0.39 is 0 Å². The summed E-state index contributed by atoms with van der Waals surface area (Å²) in [5.74, 6) is 0. The van der Waals surface area contributed by atoms with Crippen LogP contribution < -0.4 is 4.90 Å². The Morgan fingerprint density at radius 2 is 2.06 bits per heavy atom. The van der Waals surface area contributed by atoms with E-state index in [2.05, 4.69) is 45.2 Å². The number of fused-ring (bicyclic) bond motifs is 2. The minimum Gasteiger partial charge on any atom is -0.367 e. The molecule has 1 aromatic heterocycles. The van der Waals surface area contributed by atoms with Crippen LogP contribution in [-0.2, 0) is 0 Å². The summed E-state index contributed by atoms with van der Waals surface area (Å²) in [6.45, 7) is 4.90. The zero-order valence-electron chi connectivity index (χ0n) is 10.6. The number of H-pyrrole nitrogens is 1. The van der Waals surface area contributed by atoms with Crippen LogP contribution in [0.1, 0.15) is 12.8 Å². The molecule has 2 fully saturated rings. The van der Waals surface area contributed by atoms with Crippen LogP contribution in [-0.4, -0.2) is 42.1 Å². The first kappa shape index (κ1) is 10.4. The molecule has 2 aliphatic heterocycles. The van der Waals surface area contributed by atoms with Crippen molar-refractivity contribution in [3.8, 4) is 0 Å². The molecule has 18 heavy (non-hydrogen) atoms. The molecule has 0 bridgehead atoms. The summed E-state index contributed by atoms with van der Waals surface area (Å²) in [7, 11) is 0. The van der Waals surface area contributed by atoms with Crippen molar-refractivity contribution in [1.29, 1.82) is 0 Å². The Labute approximate surface area is 107 Å². The van der Waals surface area contributed by atoms with Crippen molar-refractivity contribution in [2.45, 2.75) is 18.9 Å². The van der Waals surface area contributed by atoms with E-state index in [4.69, 9.17) is 0 Å². The van der Waals surface area contributed by atoms with Gasteiger partial charge in [0.15, 0.2) is 0 Å². The molecule has 2 saturated heterocycles. The Bertz CT molecular complexity index is 560. The first-order valence-electron chi connectivity index (χ1n) is 6.97. The number of anilines is 1. The molecule has 0 saturated carbocycles. The maximum atomic E-state index is 3.39. The van der Waals surface area contributed by atoms with Crippen LogP contribution in [0.25, 0.3) is 10.9 Å². The molecule has 94 valence electrons. The number of benzene rings is 1. The topological polar surface area (TPSA) is 22.3 Å². The lowest BCUT2D eigenvalue weighted by Crippen LogP contribution is -2.50. The van der Waals surface area contributed by atoms with Gasteiger partial charge in [-0.15, -0.1) is 0 Å². The molecule has 3 heterocycles. The lowest BCUT2D eigenvalue weighted by Gasteiger charge is -2.38. The molecule has 0 spiro atoms. The van der Waals surface area contributed by atoms with E-state index in [1.165, 1.54) is 55.6 Å². The number of hydrogen-bond donors (Lipinski definition) is 1. The highest BCUT2D eigenvalue weighted by Crippen LogP contribution is 2.30. The van der Waals surface area contributed by atoms with Crippen molar-refractivity contribution in [2.24, 2.45) is 0 Å². The first-order chi connectivity index (χ1) is 8.92. The maximum absolute atomic E-state index is 3.39. The number of para-hydroxylation sites is 1. The summed E-state index contributed by atoms with van der Waals surface area (Å²) in [5, 5.41) is 1.36. The number of rotatable bonds is 1. The largest absolute Gasteiger partial charge is 0.367 e. The highest BCUT2D eigenvalue weighted by molar-refractivity contribution is 5.92. The van der Waals surface area contributed by atoms with Gasteiger partial charge >= 0.3 is 0 Å². The molecule has 0 radical (unpaired) electrons. The molecule has 0 aliphatic carbocycles.